The number of halogens is 1. The zero-order valence-electron chi connectivity index (χ0n) is 10.3. The summed E-state index contributed by atoms with van der Waals surface area (Å²) in [5.41, 5.74) is 1.87. The van der Waals surface area contributed by atoms with E-state index in [9.17, 15) is 4.79 Å². The van der Waals surface area contributed by atoms with E-state index in [1.54, 1.807) is 0 Å². The minimum absolute atomic E-state index is 0.161. The third-order valence-electron chi connectivity index (χ3n) is 2.52. The van der Waals surface area contributed by atoms with E-state index in [1.165, 1.54) is 0 Å². The first-order chi connectivity index (χ1) is 9.24. The molecule has 0 heterocycles. The molecule has 0 fully saturated rings. The standard InChI is InChI=1S/C15H14BrNO2/c16-13-6-8-14(9-7-13)17-10-15(18)19-11-12-4-2-1-3-5-12/h1-9,17H,10-11H2. The Morgan fingerprint density at radius 1 is 1.05 bits per heavy atom. The Balaban J connectivity index is 1.74. The summed E-state index contributed by atoms with van der Waals surface area (Å²) in [4.78, 5) is 11.6. The fourth-order valence-corrected chi connectivity index (χ4v) is 1.80. The predicted molar refractivity (Wildman–Crippen MR) is 78.9 cm³/mol. The zero-order chi connectivity index (χ0) is 13.5. The lowest BCUT2D eigenvalue weighted by atomic mass is 10.2. The maximum atomic E-state index is 11.6. The van der Waals surface area contributed by atoms with Crippen LogP contribution in [0.15, 0.2) is 59.1 Å². The number of nitrogens with one attached hydrogen (secondary N) is 1. The van der Waals surface area contributed by atoms with Crippen molar-refractivity contribution in [3.8, 4) is 0 Å². The number of carbonyl (C=O) groups is 1. The number of anilines is 1. The average Bonchev–Trinajstić information content (AvgIpc) is 2.45. The predicted octanol–water partition coefficient (Wildman–Crippen LogP) is 3.60. The Bertz CT molecular complexity index is 526. The van der Waals surface area contributed by atoms with Crippen molar-refractivity contribution in [2.24, 2.45) is 0 Å². The molecule has 3 nitrogen and oxygen atoms in total. The molecule has 0 radical (unpaired) electrons. The zero-order valence-corrected chi connectivity index (χ0v) is 11.9. The minimum atomic E-state index is -0.272. The molecule has 1 N–H and O–H groups in total. The number of ether oxygens (including phenoxy) is 1. The number of benzene rings is 2. The molecule has 2 aromatic carbocycles. The molecule has 0 amide bonds. The highest BCUT2D eigenvalue weighted by Gasteiger charge is 2.03. The van der Waals surface area contributed by atoms with Gasteiger partial charge in [0.05, 0.1) is 0 Å². The van der Waals surface area contributed by atoms with Crippen LogP contribution in [0.4, 0.5) is 5.69 Å². The Morgan fingerprint density at radius 3 is 2.42 bits per heavy atom. The molecular formula is C15H14BrNO2. The van der Waals surface area contributed by atoms with Crippen LogP contribution in [0.5, 0.6) is 0 Å². The summed E-state index contributed by atoms with van der Waals surface area (Å²) in [7, 11) is 0. The van der Waals surface area contributed by atoms with Gasteiger partial charge in [0.2, 0.25) is 0 Å². The van der Waals surface area contributed by atoms with Crippen LogP contribution < -0.4 is 5.32 Å². The molecule has 98 valence electrons. The third kappa shape index (κ3) is 4.75. The van der Waals surface area contributed by atoms with Crippen molar-refractivity contribution >= 4 is 27.6 Å². The van der Waals surface area contributed by atoms with E-state index in [-0.39, 0.29) is 12.5 Å². The molecule has 0 unspecified atom stereocenters. The fraction of sp³-hybridized carbons (Fsp3) is 0.133. The van der Waals surface area contributed by atoms with Gasteiger partial charge in [-0.2, -0.15) is 0 Å². The Labute approximate surface area is 120 Å². The maximum absolute atomic E-state index is 11.6. The highest BCUT2D eigenvalue weighted by atomic mass is 79.9. The molecule has 0 aliphatic heterocycles. The van der Waals surface area contributed by atoms with Gasteiger partial charge >= 0.3 is 5.97 Å². The van der Waals surface area contributed by atoms with Crippen LogP contribution in [-0.2, 0) is 16.1 Å². The maximum Gasteiger partial charge on any atom is 0.325 e. The van der Waals surface area contributed by atoms with Gasteiger partial charge in [-0.25, -0.2) is 0 Å². The molecule has 0 atom stereocenters. The SMILES string of the molecule is O=C(CNc1ccc(Br)cc1)OCc1ccccc1. The van der Waals surface area contributed by atoms with Crippen molar-refractivity contribution < 1.29 is 9.53 Å². The largest absolute Gasteiger partial charge is 0.460 e. The number of rotatable bonds is 5. The third-order valence-corrected chi connectivity index (χ3v) is 3.05. The topological polar surface area (TPSA) is 38.3 Å². The molecule has 0 saturated carbocycles. The monoisotopic (exact) mass is 319 g/mol. The lowest BCUT2D eigenvalue weighted by molar-refractivity contribution is -0.142. The van der Waals surface area contributed by atoms with E-state index in [2.05, 4.69) is 21.2 Å². The molecule has 2 rings (SSSR count). The number of esters is 1. The van der Waals surface area contributed by atoms with E-state index in [4.69, 9.17) is 4.74 Å². The smallest absolute Gasteiger partial charge is 0.325 e. The van der Waals surface area contributed by atoms with E-state index in [0.29, 0.717) is 6.61 Å². The number of carbonyl (C=O) groups excluding carboxylic acids is 1. The highest BCUT2D eigenvalue weighted by Crippen LogP contribution is 2.13. The molecule has 4 heteroatoms. The van der Waals surface area contributed by atoms with Gasteiger partial charge in [0, 0.05) is 10.2 Å². The van der Waals surface area contributed by atoms with Crippen LogP contribution >= 0.6 is 15.9 Å². The first-order valence-electron chi connectivity index (χ1n) is 5.93. The van der Waals surface area contributed by atoms with Crippen LogP contribution in [0.1, 0.15) is 5.56 Å². The van der Waals surface area contributed by atoms with Gasteiger partial charge in [-0.05, 0) is 29.8 Å². The van der Waals surface area contributed by atoms with Gasteiger partial charge in [-0.1, -0.05) is 46.3 Å². The molecule has 0 aliphatic rings. The van der Waals surface area contributed by atoms with Gasteiger partial charge in [0.1, 0.15) is 13.2 Å². The summed E-state index contributed by atoms with van der Waals surface area (Å²) in [5.74, 6) is -0.272. The second-order valence-electron chi connectivity index (χ2n) is 4.01. The van der Waals surface area contributed by atoms with Crippen molar-refractivity contribution in [1.29, 1.82) is 0 Å². The summed E-state index contributed by atoms with van der Waals surface area (Å²) >= 11 is 3.36. The molecular weight excluding hydrogens is 306 g/mol. The van der Waals surface area contributed by atoms with Crippen LogP contribution in [0, 0.1) is 0 Å². The molecule has 0 aromatic heterocycles. The fourth-order valence-electron chi connectivity index (χ4n) is 1.53. The van der Waals surface area contributed by atoms with E-state index < -0.39 is 0 Å². The molecule has 19 heavy (non-hydrogen) atoms. The van der Waals surface area contributed by atoms with Crippen molar-refractivity contribution in [2.75, 3.05) is 11.9 Å². The molecule has 0 saturated heterocycles. The summed E-state index contributed by atoms with van der Waals surface area (Å²) in [6.45, 7) is 0.468. The average molecular weight is 320 g/mol. The lowest BCUT2D eigenvalue weighted by Crippen LogP contribution is -2.16. The van der Waals surface area contributed by atoms with Crippen LogP contribution in [0.2, 0.25) is 0 Å². The Morgan fingerprint density at radius 2 is 1.74 bits per heavy atom. The van der Waals surface area contributed by atoms with Crippen molar-refractivity contribution in [1.82, 2.24) is 0 Å². The molecule has 0 aliphatic carbocycles. The number of hydrogen-bond acceptors (Lipinski definition) is 3. The Hall–Kier alpha value is -1.81. The lowest BCUT2D eigenvalue weighted by Gasteiger charge is -2.07. The van der Waals surface area contributed by atoms with Crippen molar-refractivity contribution in [2.45, 2.75) is 6.61 Å². The van der Waals surface area contributed by atoms with Crippen molar-refractivity contribution in [3.05, 3.63) is 64.6 Å². The first-order valence-corrected chi connectivity index (χ1v) is 6.72. The summed E-state index contributed by atoms with van der Waals surface area (Å²) in [5, 5.41) is 3.01. The van der Waals surface area contributed by atoms with E-state index in [1.807, 2.05) is 54.6 Å². The van der Waals surface area contributed by atoms with Gasteiger partial charge in [0.25, 0.3) is 0 Å². The summed E-state index contributed by atoms with van der Waals surface area (Å²) in [6, 6.07) is 17.2. The first kappa shape index (κ1) is 13.6. The Kier molecular flexibility index (Phi) is 4.98. The molecule has 0 bridgehead atoms. The van der Waals surface area contributed by atoms with Crippen LogP contribution in [0.3, 0.4) is 0 Å². The van der Waals surface area contributed by atoms with Gasteiger partial charge in [0.15, 0.2) is 0 Å². The van der Waals surface area contributed by atoms with Gasteiger partial charge in [-0.15, -0.1) is 0 Å². The summed E-state index contributed by atoms with van der Waals surface area (Å²) in [6.07, 6.45) is 0. The van der Waals surface area contributed by atoms with E-state index >= 15 is 0 Å². The second-order valence-corrected chi connectivity index (χ2v) is 4.92. The molecule has 0 spiro atoms. The molecule has 2 aromatic rings. The normalized spacial score (nSPS) is 9.95. The number of hydrogen-bond donors (Lipinski definition) is 1. The quantitative estimate of drug-likeness (QED) is 0.856. The van der Waals surface area contributed by atoms with Crippen molar-refractivity contribution in [3.63, 3.8) is 0 Å². The van der Waals surface area contributed by atoms with Gasteiger partial charge in [-0.3, -0.25) is 4.79 Å². The van der Waals surface area contributed by atoms with Crippen LogP contribution in [0.25, 0.3) is 0 Å². The van der Waals surface area contributed by atoms with Gasteiger partial charge < -0.3 is 10.1 Å². The summed E-state index contributed by atoms with van der Waals surface area (Å²) < 4.78 is 6.17. The highest BCUT2D eigenvalue weighted by molar-refractivity contribution is 9.10. The van der Waals surface area contributed by atoms with Crippen LogP contribution in [-0.4, -0.2) is 12.5 Å². The van der Waals surface area contributed by atoms with E-state index in [0.717, 1.165) is 15.7 Å². The minimum Gasteiger partial charge on any atom is -0.460 e. The second kappa shape index (κ2) is 6.95.